The van der Waals surface area contributed by atoms with Crippen molar-refractivity contribution in [3.8, 4) is 11.1 Å². The molecule has 0 N–H and O–H groups in total. The van der Waals surface area contributed by atoms with E-state index in [1.165, 1.54) is 0 Å². The molecule has 0 spiro atoms. The molecule has 5 nitrogen and oxygen atoms in total. The maximum absolute atomic E-state index is 12.2. The number of hydrogen-bond acceptors (Lipinski definition) is 5. The van der Waals surface area contributed by atoms with E-state index in [0.717, 1.165) is 41.2 Å². The van der Waals surface area contributed by atoms with Crippen molar-refractivity contribution in [2.24, 2.45) is 0 Å². The first kappa shape index (κ1) is 25.9. The van der Waals surface area contributed by atoms with Gasteiger partial charge < -0.3 is 45.6 Å². The quantitative estimate of drug-likeness (QED) is 0.382. The summed E-state index contributed by atoms with van der Waals surface area (Å²) in [7, 11) is 4.03. The first-order chi connectivity index (χ1) is 13.7. The van der Waals surface area contributed by atoms with Crippen molar-refractivity contribution < 1.29 is 27.2 Å². The zero-order valence-corrected chi connectivity index (χ0v) is 20.5. The molecular formula is C21H25N3O2S2Tc. The molecule has 2 rings (SSSR count). The zero-order valence-electron chi connectivity index (χ0n) is 17.0. The summed E-state index contributed by atoms with van der Waals surface area (Å²) in [5, 5.41) is 8.70. The van der Waals surface area contributed by atoms with Crippen LogP contribution in [-0.2, 0) is 59.0 Å². The van der Waals surface area contributed by atoms with Gasteiger partial charge in [-0.2, -0.15) is 12.3 Å². The Hall–Kier alpha value is -1.18. The molecule has 0 aliphatic heterocycles. The van der Waals surface area contributed by atoms with E-state index >= 15 is 0 Å². The molecule has 8 heteroatoms. The normalized spacial score (nSPS) is 10.8. The van der Waals surface area contributed by atoms with Crippen molar-refractivity contribution in [3.63, 3.8) is 0 Å². The monoisotopic (exact) mass is 512 g/mol. The van der Waals surface area contributed by atoms with E-state index in [1.54, 1.807) is 13.8 Å². The zero-order chi connectivity index (χ0) is 22.0. The summed E-state index contributed by atoms with van der Waals surface area (Å²) in [6, 6.07) is 14.2. The molecular weight excluding hydrogens is 488 g/mol. The summed E-state index contributed by atoms with van der Waals surface area (Å²) in [5.74, 6) is 0.265. The molecule has 1 amide bonds. The third-order valence-corrected chi connectivity index (χ3v) is 4.42. The predicted octanol–water partition coefficient (Wildman–Crippen LogP) is 4.58. The molecule has 0 atom stereocenters. The molecule has 2 aromatic rings. The molecule has 155 valence electrons. The SMILES string of the molecule is CN(C)c1ccc(-c2ccc([N-]C(=O)C(C)(C)[S-])c(C[N-]CC[S-])c2)cc1.[O]=[Tc+4]. The third kappa shape index (κ3) is 8.22. The Morgan fingerprint density at radius 1 is 1.07 bits per heavy atom. The number of rotatable bonds is 8. The van der Waals surface area contributed by atoms with Gasteiger partial charge in [-0.15, -0.1) is 17.0 Å². The Bertz CT molecular complexity index is 794. The van der Waals surface area contributed by atoms with Crippen molar-refractivity contribution in [2.75, 3.05) is 31.3 Å². The van der Waals surface area contributed by atoms with Gasteiger partial charge in [0.15, 0.2) is 0 Å². The van der Waals surface area contributed by atoms with Gasteiger partial charge in [-0.3, -0.25) is 0 Å². The molecule has 0 bridgehead atoms. The van der Waals surface area contributed by atoms with Gasteiger partial charge in [0.1, 0.15) is 0 Å². The molecule has 0 unspecified atom stereocenters. The fraction of sp³-hybridized carbons (Fsp3) is 0.381. The average Bonchev–Trinajstić information content (AvgIpc) is 2.70. The van der Waals surface area contributed by atoms with Crippen LogP contribution in [0.3, 0.4) is 0 Å². The van der Waals surface area contributed by atoms with Crippen molar-refractivity contribution >= 4 is 42.5 Å². The van der Waals surface area contributed by atoms with Crippen molar-refractivity contribution in [2.45, 2.75) is 25.1 Å². The molecule has 0 heterocycles. The van der Waals surface area contributed by atoms with Crippen LogP contribution in [0.5, 0.6) is 0 Å². The van der Waals surface area contributed by atoms with E-state index in [0.29, 0.717) is 24.5 Å². The first-order valence-electron chi connectivity index (χ1n) is 8.96. The number of carbonyl (C=O) groups excluding carboxylic acids is 1. The van der Waals surface area contributed by atoms with Crippen LogP contribution in [0.1, 0.15) is 19.4 Å². The molecule has 0 aliphatic carbocycles. The van der Waals surface area contributed by atoms with Gasteiger partial charge in [-0.05, 0) is 23.3 Å². The van der Waals surface area contributed by atoms with Gasteiger partial charge in [0.2, 0.25) is 0 Å². The van der Waals surface area contributed by atoms with Crippen LogP contribution >= 0.6 is 0 Å². The fourth-order valence-electron chi connectivity index (χ4n) is 2.46. The minimum absolute atomic E-state index is 0.315. The van der Waals surface area contributed by atoms with E-state index in [2.05, 4.69) is 39.8 Å². The van der Waals surface area contributed by atoms with Crippen LogP contribution in [-0.4, -0.2) is 37.0 Å². The van der Waals surface area contributed by atoms with Crippen molar-refractivity contribution in [1.29, 1.82) is 0 Å². The minimum atomic E-state index is -0.921. The van der Waals surface area contributed by atoms with Crippen LogP contribution in [0.15, 0.2) is 42.5 Å². The van der Waals surface area contributed by atoms with Crippen molar-refractivity contribution in [1.82, 2.24) is 0 Å². The van der Waals surface area contributed by atoms with Gasteiger partial charge in [-0.25, -0.2) is 0 Å². The van der Waals surface area contributed by atoms with E-state index in [4.69, 9.17) is 28.8 Å². The van der Waals surface area contributed by atoms with Crippen LogP contribution in [0.25, 0.3) is 21.8 Å². The predicted molar refractivity (Wildman–Crippen MR) is 121 cm³/mol. The van der Waals surface area contributed by atoms with Crippen LogP contribution < -0.4 is 4.90 Å². The number of carbonyl (C=O) groups is 1. The van der Waals surface area contributed by atoms with Crippen LogP contribution in [0.4, 0.5) is 11.4 Å². The Labute approximate surface area is 195 Å². The van der Waals surface area contributed by atoms with Crippen molar-refractivity contribution in [3.05, 3.63) is 58.7 Å². The second kappa shape index (κ2) is 12.5. The summed E-state index contributed by atoms with van der Waals surface area (Å²) in [5.41, 5.74) is 4.84. The number of nitrogens with zero attached hydrogens (tertiary/aromatic N) is 3. The van der Waals surface area contributed by atoms with Crippen LogP contribution in [0.2, 0.25) is 0 Å². The number of benzene rings is 2. The average molecular weight is 514 g/mol. The Morgan fingerprint density at radius 2 is 1.66 bits per heavy atom. The molecule has 0 saturated heterocycles. The van der Waals surface area contributed by atoms with E-state index in [1.807, 2.05) is 32.3 Å². The first-order valence-corrected chi connectivity index (χ1v) is 10.7. The van der Waals surface area contributed by atoms with E-state index < -0.39 is 4.75 Å². The molecule has 0 saturated carbocycles. The molecule has 0 aliphatic rings. The molecule has 29 heavy (non-hydrogen) atoms. The van der Waals surface area contributed by atoms with E-state index in [9.17, 15) is 4.79 Å². The van der Waals surface area contributed by atoms with Gasteiger partial charge in [-0.1, -0.05) is 49.7 Å². The summed E-state index contributed by atoms with van der Waals surface area (Å²) in [4.78, 5) is 14.3. The van der Waals surface area contributed by atoms with Gasteiger partial charge >= 0.3 is 22.4 Å². The van der Waals surface area contributed by atoms with Gasteiger partial charge in [0, 0.05) is 25.7 Å². The summed E-state index contributed by atoms with van der Waals surface area (Å²) in [6.45, 7) is 4.47. The Kier molecular flexibility index (Phi) is 11.1. The van der Waals surface area contributed by atoms with Gasteiger partial charge in [0.25, 0.3) is 0 Å². The molecule has 0 fully saturated rings. The summed E-state index contributed by atoms with van der Waals surface area (Å²) < 4.78 is 7.30. The fourth-order valence-corrected chi connectivity index (χ4v) is 2.64. The number of anilines is 1. The topological polar surface area (TPSA) is 65.6 Å². The number of hydrogen-bond donors (Lipinski definition) is 0. The molecule has 0 aromatic heterocycles. The Morgan fingerprint density at radius 3 is 2.17 bits per heavy atom. The molecule has 2 aromatic carbocycles. The van der Waals surface area contributed by atoms with Gasteiger partial charge in [0.05, 0.1) is 0 Å². The summed E-state index contributed by atoms with van der Waals surface area (Å²) in [6.07, 6.45) is 0. The summed E-state index contributed by atoms with van der Waals surface area (Å²) >= 11 is 11.1. The maximum atomic E-state index is 12.2. The third-order valence-electron chi connectivity index (χ3n) is 4.07. The standard InChI is InChI=1S/C21H28N3OS2.O.Tc/c1-21(2,27)20(25)23-19-10-7-16(13-17(19)14-22-11-12-26)15-5-8-18(9-6-15)24(3)4;;/h5-10,13H,11-12,14H2,1-4H3,(H3,23,25,26,27);;/q-1;;+4/p-3. The second-order valence-electron chi connectivity index (χ2n) is 7.02. The molecule has 0 radical (unpaired) electrons. The van der Waals surface area contributed by atoms with Crippen LogP contribution in [0, 0.1) is 0 Å². The second-order valence-corrected chi connectivity index (χ2v) is 8.45. The Balaban J connectivity index is 0.00000204. The van der Waals surface area contributed by atoms with E-state index in [-0.39, 0.29) is 5.91 Å². The number of amides is 1.